The molecule has 0 spiro atoms. The van der Waals surface area contributed by atoms with Crippen LogP contribution in [0.15, 0.2) is 12.2 Å². The number of carbonyl (C=O) groups is 1. The summed E-state index contributed by atoms with van der Waals surface area (Å²) in [5.74, 6) is -0.595. The van der Waals surface area contributed by atoms with Gasteiger partial charge in [-0.1, -0.05) is 148 Å². The van der Waals surface area contributed by atoms with Gasteiger partial charge in [0, 0.05) is 0 Å². The predicted molar refractivity (Wildman–Crippen MR) is 200 cm³/mol. The van der Waals surface area contributed by atoms with Gasteiger partial charge in [0.15, 0.2) is 6.29 Å². The van der Waals surface area contributed by atoms with E-state index in [0.29, 0.717) is 12.8 Å². The Morgan fingerprint density at radius 2 is 1.12 bits per heavy atom. The van der Waals surface area contributed by atoms with Gasteiger partial charge in [0.2, 0.25) is 5.91 Å². The average molecular weight is 716 g/mol. The van der Waals surface area contributed by atoms with Crippen molar-refractivity contribution in [2.24, 2.45) is 0 Å². The van der Waals surface area contributed by atoms with Crippen molar-refractivity contribution in [1.29, 1.82) is 0 Å². The van der Waals surface area contributed by atoms with Gasteiger partial charge in [0.1, 0.15) is 30.5 Å². The molecule has 8 unspecified atom stereocenters. The Labute approximate surface area is 304 Å². The van der Waals surface area contributed by atoms with Crippen LogP contribution in [0.4, 0.5) is 0 Å². The Bertz CT molecular complexity index is 814. The van der Waals surface area contributed by atoms with E-state index < -0.39 is 61.5 Å². The topological polar surface area (TPSA) is 169 Å². The third-order valence-corrected chi connectivity index (χ3v) is 9.98. The van der Waals surface area contributed by atoms with Gasteiger partial charge >= 0.3 is 0 Å². The molecule has 0 saturated carbocycles. The largest absolute Gasteiger partial charge is 0.394 e. The molecular formula is C40H77NO9. The summed E-state index contributed by atoms with van der Waals surface area (Å²) < 4.78 is 11.1. The smallest absolute Gasteiger partial charge is 0.249 e. The second-order valence-corrected chi connectivity index (χ2v) is 14.6. The minimum atomic E-state index is -1.60. The molecule has 10 heteroatoms. The van der Waals surface area contributed by atoms with Gasteiger partial charge in [-0.3, -0.25) is 4.79 Å². The number of hydrogen-bond acceptors (Lipinski definition) is 9. The van der Waals surface area contributed by atoms with Crippen molar-refractivity contribution >= 4 is 5.91 Å². The van der Waals surface area contributed by atoms with Crippen LogP contribution in [0.25, 0.3) is 0 Å². The van der Waals surface area contributed by atoms with Crippen LogP contribution in [-0.4, -0.2) is 98.7 Å². The molecular weight excluding hydrogens is 638 g/mol. The maximum atomic E-state index is 13.0. The average Bonchev–Trinajstić information content (AvgIpc) is 3.11. The highest BCUT2D eigenvalue weighted by Crippen LogP contribution is 2.23. The SMILES string of the molecule is CCCCCCCCC/C=C\CCCCC(O)C(COC1OC(CO)C(O)C(O)C1O)NC(=O)C(O)CCCCCCCCCCCCCC. The monoisotopic (exact) mass is 716 g/mol. The number of aliphatic hydroxyl groups excluding tert-OH is 6. The molecule has 1 amide bonds. The summed E-state index contributed by atoms with van der Waals surface area (Å²) in [5.41, 5.74) is 0. The Kier molecular flexibility index (Phi) is 29.5. The van der Waals surface area contributed by atoms with Gasteiger partial charge < -0.3 is 45.4 Å². The Morgan fingerprint density at radius 1 is 0.660 bits per heavy atom. The fraction of sp³-hybridized carbons (Fsp3) is 0.925. The van der Waals surface area contributed by atoms with Crippen molar-refractivity contribution < 1.29 is 44.9 Å². The minimum absolute atomic E-state index is 0.265. The highest BCUT2D eigenvalue weighted by molar-refractivity contribution is 5.80. The standard InChI is InChI=1S/C40H77NO9/c1-3-5-7-9-11-13-15-17-19-20-22-24-26-28-33(43)32(31-49-40-38(47)37(46)36(45)35(30-42)50-40)41-39(48)34(44)29-27-25-23-21-18-16-14-12-10-8-6-4-2/h19-20,32-38,40,42-47H,3-18,21-31H2,1-2H3,(H,41,48)/b20-19-. The number of aliphatic hydroxyl groups is 6. The lowest BCUT2D eigenvalue weighted by molar-refractivity contribution is -0.302. The summed E-state index contributed by atoms with van der Waals surface area (Å²) in [7, 11) is 0. The number of ether oxygens (including phenoxy) is 2. The van der Waals surface area contributed by atoms with Crippen molar-refractivity contribution in [2.45, 2.75) is 223 Å². The lowest BCUT2D eigenvalue weighted by Gasteiger charge is -2.40. The van der Waals surface area contributed by atoms with E-state index in [0.717, 1.165) is 51.4 Å². The van der Waals surface area contributed by atoms with E-state index in [2.05, 4.69) is 31.3 Å². The number of rotatable bonds is 33. The van der Waals surface area contributed by atoms with Gasteiger partial charge in [0.05, 0.1) is 25.4 Å². The van der Waals surface area contributed by atoms with Crippen molar-refractivity contribution in [3.8, 4) is 0 Å². The van der Waals surface area contributed by atoms with E-state index in [9.17, 15) is 35.4 Å². The maximum Gasteiger partial charge on any atom is 0.249 e. The molecule has 0 aromatic carbocycles. The van der Waals surface area contributed by atoms with E-state index in [1.807, 2.05) is 0 Å². The summed E-state index contributed by atoms with van der Waals surface area (Å²) >= 11 is 0. The van der Waals surface area contributed by atoms with E-state index in [1.165, 1.54) is 96.3 Å². The molecule has 0 aromatic heterocycles. The molecule has 1 aliphatic rings. The first kappa shape index (κ1) is 46.9. The van der Waals surface area contributed by atoms with E-state index in [4.69, 9.17) is 9.47 Å². The van der Waals surface area contributed by atoms with Crippen LogP contribution in [0.3, 0.4) is 0 Å². The van der Waals surface area contributed by atoms with E-state index in [-0.39, 0.29) is 6.61 Å². The van der Waals surface area contributed by atoms with Gasteiger partial charge in [-0.05, 0) is 38.5 Å². The molecule has 1 heterocycles. The van der Waals surface area contributed by atoms with Crippen LogP contribution in [0.2, 0.25) is 0 Å². The van der Waals surface area contributed by atoms with Crippen LogP contribution in [0.5, 0.6) is 0 Å². The number of allylic oxidation sites excluding steroid dienone is 2. The second kappa shape index (κ2) is 31.4. The maximum absolute atomic E-state index is 13.0. The normalized spacial score (nSPS) is 22.9. The molecule has 0 aliphatic carbocycles. The number of hydrogen-bond donors (Lipinski definition) is 7. The number of unbranched alkanes of at least 4 members (excludes halogenated alkanes) is 20. The van der Waals surface area contributed by atoms with Crippen molar-refractivity contribution in [2.75, 3.05) is 13.2 Å². The first-order chi connectivity index (χ1) is 24.3. The van der Waals surface area contributed by atoms with E-state index in [1.54, 1.807) is 0 Å². The quantitative estimate of drug-likeness (QED) is 0.0302. The summed E-state index contributed by atoms with van der Waals surface area (Å²) in [4.78, 5) is 13.0. The molecule has 8 atom stereocenters. The van der Waals surface area contributed by atoms with Crippen LogP contribution in [0.1, 0.15) is 174 Å². The highest BCUT2D eigenvalue weighted by Gasteiger charge is 2.44. The van der Waals surface area contributed by atoms with Crippen LogP contribution < -0.4 is 5.32 Å². The third-order valence-electron chi connectivity index (χ3n) is 9.98. The van der Waals surface area contributed by atoms with Crippen LogP contribution in [0, 0.1) is 0 Å². The third kappa shape index (κ3) is 22.1. The number of amides is 1. The first-order valence-electron chi connectivity index (χ1n) is 20.5. The zero-order valence-electron chi connectivity index (χ0n) is 31.8. The van der Waals surface area contributed by atoms with Gasteiger partial charge in [-0.15, -0.1) is 0 Å². The van der Waals surface area contributed by atoms with Crippen molar-refractivity contribution in [1.82, 2.24) is 5.32 Å². The Morgan fingerprint density at radius 3 is 1.64 bits per heavy atom. The van der Waals surface area contributed by atoms with Crippen LogP contribution >= 0.6 is 0 Å². The van der Waals surface area contributed by atoms with E-state index >= 15 is 0 Å². The Balaban J connectivity index is 2.49. The van der Waals surface area contributed by atoms with Crippen LogP contribution in [-0.2, 0) is 14.3 Å². The van der Waals surface area contributed by atoms with Crippen molar-refractivity contribution in [3.63, 3.8) is 0 Å². The fourth-order valence-corrected chi connectivity index (χ4v) is 6.51. The summed E-state index contributed by atoms with van der Waals surface area (Å²) in [6, 6.07) is -0.903. The molecule has 296 valence electrons. The second-order valence-electron chi connectivity index (χ2n) is 14.6. The summed E-state index contributed by atoms with van der Waals surface area (Å²) in [6.07, 6.45) is 22.6. The van der Waals surface area contributed by atoms with Crippen molar-refractivity contribution in [3.05, 3.63) is 12.2 Å². The predicted octanol–water partition coefficient (Wildman–Crippen LogP) is 6.36. The van der Waals surface area contributed by atoms with Gasteiger partial charge in [-0.2, -0.15) is 0 Å². The highest BCUT2D eigenvalue weighted by atomic mass is 16.7. The lowest BCUT2D eigenvalue weighted by Crippen LogP contribution is -2.60. The molecule has 1 fully saturated rings. The molecule has 10 nitrogen and oxygen atoms in total. The number of nitrogens with one attached hydrogen (secondary N) is 1. The lowest BCUT2D eigenvalue weighted by atomic mass is 9.99. The summed E-state index contributed by atoms with van der Waals surface area (Å²) in [6.45, 7) is 3.61. The molecule has 0 radical (unpaired) electrons. The molecule has 1 saturated heterocycles. The first-order valence-corrected chi connectivity index (χ1v) is 20.5. The molecule has 50 heavy (non-hydrogen) atoms. The molecule has 7 N–H and O–H groups in total. The number of carbonyl (C=O) groups excluding carboxylic acids is 1. The molecule has 0 bridgehead atoms. The Hall–Kier alpha value is -1.11. The summed E-state index contributed by atoms with van der Waals surface area (Å²) in [5, 5.41) is 64.5. The molecule has 0 aromatic rings. The molecule has 1 aliphatic heterocycles. The minimum Gasteiger partial charge on any atom is -0.394 e. The van der Waals surface area contributed by atoms with Gasteiger partial charge in [-0.25, -0.2) is 0 Å². The van der Waals surface area contributed by atoms with Gasteiger partial charge in [0.25, 0.3) is 0 Å². The zero-order valence-corrected chi connectivity index (χ0v) is 31.8. The fourth-order valence-electron chi connectivity index (χ4n) is 6.51. The zero-order chi connectivity index (χ0) is 36.8. The molecule has 1 rings (SSSR count).